The van der Waals surface area contributed by atoms with E-state index in [2.05, 4.69) is 15.6 Å². The molecule has 0 spiro atoms. The molecule has 0 atom stereocenters. The summed E-state index contributed by atoms with van der Waals surface area (Å²) in [6.07, 6.45) is 3.36. The van der Waals surface area contributed by atoms with Crippen LogP contribution in [0.5, 0.6) is 0 Å². The van der Waals surface area contributed by atoms with Crippen molar-refractivity contribution < 1.29 is 13.6 Å². The predicted molar refractivity (Wildman–Crippen MR) is 105 cm³/mol. The van der Waals surface area contributed by atoms with Crippen molar-refractivity contribution in [1.82, 2.24) is 15.2 Å². The smallest absolute Gasteiger partial charge is 0.307 e. The number of para-hydroxylation sites is 1. The molecule has 7 nitrogen and oxygen atoms in total. The summed E-state index contributed by atoms with van der Waals surface area (Å²) < 4.78 is 12.7. The third-order valence-corrected chi connectivity index (χ3v) is 4.07. The van der Waals surface area contributed by atoms with Gasteiger partial charge in [0.05, 0.1) is 11.9 Å². The maximum absolute atomic E-state index is 12.1. The summed E-state index contributed by atoms with van der Waals surface area (Å²) in [4.78, 5) is 12.1. The molecule has 1 aromatic carbocycles. The Morgan fingerprint density at radius 1 is 1.04 bits per heavy atom. The number of hydrogen-bond donors (Lipinski definition) is 1. The van der Waals surface area contributed by atoms with Gasteiger partial charge in [-0.15, -0.1) is 0 Å². The fourth-order valence-electron chi connectivity index (χ4n) is 2.72. The fourth-order valence-corrected chi connectivity index (χ4v) is 2.72. The Balaban J connectivity index is 1.63. The molecule has 0 aliphatic carbocycles. The minimum Gasteiger partial charge on any atom is -0.460 e. The molecule has 4 aromatic rings. The molecule has 0 radical (unpaired) electrons. The number of hydrazone groups is 1. The van der Waals surface area contributed by atoms with Gasteiger partial charge in [-0.1, -0.05) is 18.2 Å². The number of aryl methyl sites for hydroxylation is 2. The lowest BCUT2D eigenvalue weighted by Crippen LogP contribution is -2.16. The molecule has 1 N–H and O–H groups in total. The van der Waals surface area contributed by atoms with Gasteiger partial charge in [0.1, 0.15) is 17.2 Å². The van der Waals surface area contributed by atoms with Gasteiger partial charge in [-0.25, -0.2) is 10.1 Å². The summed E-state index contributed by atoms with van der Waals surface area (Å²) in [5.41, 5.74) is 4.70. The van der Waals surface area contributed by atoms with Crippen LogP contribution in [-0.4, -0.2) is 21.9 Å². The molecule has 28 heavy (non-hydrogen) atoms. The molecule has 3 heterocycles. The van der Waals surface area contributed by atoms with E-state index in [1.165, 1.54) is 6.21 Å². The second-order valence-corrected chi connectivity index (χ2v) is 6.23. The summed E-state index contributed by atoms with van der Waals surface area (Å²) in [6.45, 7) is 3.65. The van der Waals surface area contributed by atoms with Crippen molar-refractivity contribution in [3.05, 3.63) is 83.6 Å². The Hall–Kier alpha value is -3.87. The Kier molecular flexibility index (Phi) is 4.63. The normalized spacial score (nSPS) is 11.2. The standard InChI is InChI=1S/C21H18N4O3/c1-14-8-10-18(27-14)20-16(13-25(24-20)17-6-4-3-5-7-17)12-22-23-21(26)19-11-9-15(2)28-19/h3-13H,1-2H3,(H,23,26)/b22-12-. The van der Waals surface area contributed by atoms with Gasteiger partial charge in [0.15, 0.2) is 11.5 Å². The topological polar surface area (TPSA) is 85.6 Å². The van der Waals surface area contributed by atoms with Crippen molar-refractivity contribution in [2.24, 2.45) is 5.10 Å². The van der Waals surface area contributed by atoms with Gasteiger partial charge in [-0.3, -0.25) is 4.79 Å². The second kappa shape index (κ2) is 7.40. The average Bonchev–Trinajstić information content (AvgIpc) is 3.42. The number of rotatable bonds is 5. The minimum absolute atomic E-state index is 0.205. The van der Waals surface area contributed by atoms with Crippen LogP contribution in [0.1, 0.15) is 27.6 Å². The van der Waals surface area contributed by atoms with Crippen molar-refractivity contribution in [3.63, 3.8) is 0 Å². The molecule has 4 rings (SSSR count). The van der Waals surface area contributed by atoms with E-state index in [4.69, 9.17) is 8.83 Å². The first-order chi connectivity index (χ1) is 13.6. The molecule has 0 saturated carbocycles. The van der Waals surface area contributed by atoms with Gasteiger partial charge in [0, 0.05) is 11.8 Å². The van der Waals surface area contributed by atoms with Crippen molar-refractivity contribution in [2.75, 3.05) is 0 Å². The first kappa shape index (κ1) is 17.5. The maximum Gasteiger partial charge on any atom is 0.307 e. The van der Waals surface area contributed by atoms with Gasteiger partial charge in [-0.2, -0.15) is 10.2 Å². The van der Waals surface area contributed by atoms with E-state index < -0.39 is 5.91 Å². The first-order valence-corrected chi connectivity index (χ1v) is 8.72. The molecule has 3 aromatic heterocycles. The molecule has 0 aliphatic rings. The highest BCUT2D eigenvalue weighted by atomic mass is 16.4. The summed E-state index contributed by atoms with van der Waals surface area (Å²) in [5, 5.41) is 8.67. The van der Waals surface area contributed by atoms with Crippen LogP contribution in [0.4, 0.5) is 0 Å². The number of nitrogens with one attached hydrogen (secondary N) is 1. The molecule has 0 fully saturated rings. The van der Waals surface area contributed by atoms with E-state index in [1.54, 1.807) is 23.7 Å². The quantitative estimate of drug-likeness (QED) is 0.421. The number of furan rings is 2. The van der Waals surface area contributed by atoms with Crippen molar-refractivity contribution in [2.45, 2.75) is 13.8 Å². The number of carbonyl (C=O) groups excluding carboxylic acids is 1. The van der Waals surface area contributed by atoms with Crippen LogP contribution < -0.4 is 5.43 Å². The first-order valence-electron chi connectivity index (χ1n) is 8.72. The monoisotopic (exact) mass is 374 g/mol. The van der Waals surface area contributed by atoms with Crippen LogP contribution in [0, 0.1) is 13.8 Å². The van der Waals surface area contributed by atoms with Crippen LogP contribution in [0.3, 0.4) is 0 Å². The number of benzene rings is 1. The lowest BCUT2D eigenvalue weighted by atomic mass is 10.2. The van der Waals surface area contributed by atoms with E-state index in [-0.39, 0.29) is 5.76 Å². The lowest BCUT2D eigenvalue weighted by molar-refractivity contribution is 0.0926. The van der Waals surface area contributed by atoms with E-state index in [1.807, 2.05) is 55.6 Å². The van der Waals surface area contributed by atoms with E-state index in [9.17, 15) is 4.79 Å². The minimum atomic E-state index is -0.421. The second-order valence-electron chi connectivity index (χ2n) is 6.23. The SMILES string of the molecule is Cc1ccc(C(=O)N/N=C\c2cn(-c3ccccc3)nc2-c2ccc(C)o2)o1. The molecule has 0 unspecified atom stereocenters. The van der Waals surface area contributed by atoms with Crippen molar-refractivity contribution in [3.8, 4) is 17.1 Å². The molecule has 0 bridgehead atoms. The summed E-state index contributed by atoms with van der Waals surface area (Å²) in [5.74, 6) is 1.86. The number of nitrogens with zero attached hydrogens (tertiary/aromatic N) is 3. The zero-order valence-electron chi connectivity index (χ0n) is 15.4. The lowest BCUT2D eigenvalue weighted by Gasteiger charge is -1.98. The number of carbonyl (C=O) groups is 1. The molecular weight excluding hydrogens is 356 g/mol. The van der Waals surface area contributed by atoms with Gasteiger partial charge >= 0.3 is 5.91 Å². The molecule has 1 amide bonds. The Labute approximate surface area is 161 Å². The van der Waals surface area contributed by atoms with Crippen LogP contribution >= 0.6 is 0 Å². The highest BCUT2D eigenvalue weighted by Crippen LogP contribution is 2.24. The average molecular weight is 374 g/mol. The molecule has 0 aliphatic heterocycles. The van der Waals surface area contributed by atoms with Crippen LogP contribution in [0.25, 0.3) is 17.1 Å². The van der Waals surface area contributed by atoms with E-state index in [0.717, 1.165) is 11.4 Å². The predicted octanol–water partition coefficient (Wildman–Crippen LogP) is 4.11. The van der Waals surface area contributed by atoms with Gasteiger partial charge in [-0.05, 0) is 50.2 Å². The third kappa shape index (κ3) is 3.64. The molecule has 7 heteroatoms. The van der Waals surface area contributed by atoms with Crippen molar-refractivity contribution >= 4 is 12.1 Å². The maximum atomic E-state index is 12.1. The van der Waals surface area contributed by atoms with E-state index >= 15 is 0 Å². The number of amides is 1. The Morgan fingerprint density at radius 2 is 1.79 bits per heavy atom. The highest BCUT2D eigenvalue weighted by molar-refractivity contribution is 5.93. The van der Waals surface area contributed by atoms with Crippen LogP contribution in [0.2, 0.25) is 0 Å². The summed E-state index contributed by atoms with van der Waals surface area (Å²) >= 11 is 0. The zero-order valence-corrected chi connectivity index (χ0v) is 15.4. The highest BCUT2D eigenvalue weighted by Gasteiger charge is 2.14. The third-order valence-electron chi connectivity index (χ3n) is 4.07. The Bertz CT molecular complexity index is 1140. The summed E-state index contributed by atoms with van der Waals surface area (Å²) in [7, 11) is 0. The van der Waals surface area contributed by atoms with Crippen molar-refractivity contribution in [1.29, 1.82) is 0 Å². The van der Waals surface area contributed by atoms with Gasteiger partial charge in [0.2, 0.25) is 0 Å². The molecular formula is C21H18N4O3. The van der Waals surface area contributed by atoms with Crippen LogP contribution in [-0.2, 0) is 0 Å². The Morgan fingerprint density at radius 3 is 2.46 bits per heavy atom. The van der Waals surface area contributed by atoms with E-state index in [0.29, 0.717) is 22.8 Å². The van der Waals surface area contributed by atoms with Gasteiger partial charge < -0.3 is 8.83 Å². The number of aromatic nitrogens is 2. The number of hydrogen-bond acceptors (Lipinski definition) is 5. The fraction of sp³-hybridized carbons (Fsp3) is 0.0952. The van der Waals surface area contributed by atoms with Crippen LogP contribution in [0.15, 0.2) is 74.7 Å². The zero-order chi connectivity index (χ0) is 19.5. The summed E-state index contributed by atoms with van der Waals surface area (Å²) in [6, 6.07) is 16.8. The molecule has 140 valence electrons. The molecule has 0 saturated heterocycles. The van der Waals surface area contributed by atoms with Gasteiger partial charge in [0.25, 0.3) is 0 Å². The largest absolute Gasteiger partial charge is 0.460 e.